The van der Waals surface area contributed by atoms with E-state index in [1.165, 1.54) is 0 Å². The number of ether oxygens (including phenoxy) is 1. The highest BCUT2D eigenvalue weighted by Gasteiger charge is 2.27. The highest BCUT2D eigenvalue weighted by Crippen LogP contribution is 2.30. The standard InChI is InChI=1S/C17H27NO4/c1-17(2,3)18-9-12(19)10-22-16-6-4-5-11-7-14(20)15(21)8-13(11)16/h4-6,12,14-15,18-21H,7-10H2,1-3H3/p+1/t12-,14+,15+/m0/s1. The van der Waals surface area contributed by atoms with E-state index in [0.717, 1.165) is 11.1 Å². The van der Waals surface area contributed by atoms with Crippen LogP contribution >= 0.6 is 0 Å². The van der Waals surface area contributed by atoms with Gasteiger partial charge in [-0.2, -0.15) is 0 Å². The molecular weight excluding hydrogens is 282 g/mol. The maximum absolute atomic E-state index is 10.0. The molecule has 0 aliphatic heterocycles. The minimum atomic E-state index is -0.753. The lowest BCUT2D eigenvalue weighted by molar-refractivity contribution is -0.722. The van der Waals surface area contributed by atoms with E-state index in [1.807, 2.05) is 18.2 Å². The number of benzene rings is 1. The highest BCUT2D eigenvalue weighted by atomic mass is 16.5. The van der Waals surface area contributed by atoms with Gasteiger partial charge in [0.25, 0.3) is 0 Å². The summed E-state index contributed by atoms with van der Waals surface area (Å²) in [5.74, 6) is 0.693. The zero-order chi connectivity index (χ0) is 16.3. The molecule has 0 fully saturated rings. The van der Waals surface area contributed by atoms with Crippen molar-refractivity contribution < 1.29 is 25.4 Å². The molecular formula is C17H28NO4+. The molecule has 5 nitrogen and oxygen atoms in total. The molecule has 0 saturated heterocycles. The molecule has 3 atom stereocenters. The molecule has 0 spiro atoms. The first-order valence-electron chi connectivity index (χ1n) is 7.88. The van der Waals surface area contributed by atoms with Crippen LogP contribution < -0.4 is 10.1 Å². The molecule has 0 bridgehead atoms. The van der Waals surface area contributed by atoms with E-state index in [-0.39, 0.29) is 12.1 Å². The van der Waals surface area contributed by atoms with Gasteiger partial charge < -0.3 is 25.4 Å². The first-order chi connectivity index (χ1) is 10.3. The minimum absolute atomic E-state index is 0.0765. The van der Waals surface area contributed by atoms with Crippen LogP contribution in [0.2, 0.25) is 0 Å². The maximum Gasteiger partial charge on any atom is 0.137 e. The topological polar surface area (TPSA) is 86.5 Å². The summed E-state index contributed by atoms with van der Waals surface area (Å²) in [4.78, 5) is 0. The maximum atomic E-state index is 10.0. The van der Waals surface area contributed by atoms with E-state index >= 15 is 0 Å². The predicted molar refractivity (Wildman–Crippen MR) is 83.9 cm³/mol. The lowest BCUT2D eigenvalue weighted by Crippen LogP contribution is -2.96. The average molecular weight is 310 g/mol. The predicted octanol–water partition coefficient (Wildman–Crippen LogP) is -0.391. The van der Waals surface area contributed by atoms with Crippen LogP contribution in [-0.2, 0) is 12.8 Å². The summed E-state index contributed by atoms with van der Waals surface area (Å²) in [5, 5.41) is 31.7. The van der Waals surface area contributed by atoms with E-state index in [0.29, 0.717) is 25.1 Å². The molecule has 5 heteroatoms. The second kappa shape index (κ2) is 6.96. The third kappa shape index (κ3) is 4.68. The smallest absolute Gasteiger partial charge is 0.137 e. The Balaban J connectivity index is 1.95. The molecule has 0 saturated carbocycles. The van der Waals surface area contributed by atoms with E-state index < -0.39 is 18.3 Å². The third-order valence-electron chi connectivity index (χ3n) is 3.95. The van der Waals surface area contributed by atoms with Crippen molar-refractivity contribution in [3.05, 3.63) is 29.3 Å². The Labute approximate surface area is 131 Å². The van der Waals surface area contributed by atoms with Gasteiger partial charge >= 0.3 is 0 Å². The quantitative estimate of drug-likeness (QED) is 0.596. The molecule has 0 unspecified atom stereocenters. The van der Waals surface area contributed by atoms with Gasteiger partial charge in [0.15, 0.2) is 0 Å². The SMILES string of the molecule is CC(C)(C)[NH2+]C[C@H](O)COc1cccc2c1C[C@@H](O)[C@H](O)C2. The number of nitrogens with two attached hydrogens (primary N) is 1. The number of hydrogen-bond acceptors (Lipinski definition) is 4. The van der Waals surface area contributed by atoms with Gasteiger partial charge in [-0.1, -0.05) is 12.1 Å². The molecule has 1 aromatic rings. The van der Waals surface area contributed by atoms with Crippen LogP contribution in [0, 0.1) is 0 Å². The summed E-state index contributed by atoms with van der Waals surface area (Å²) >= 11 is 0. The summed E-state index contributed by atoms with van der Waals surface area (Å²) in [6, 6.07) is 5.68. The molecule has 5 N–H and O–H groups in total. The molecule has 124 valence electrons. The molecule has 1 aromatic carbocycles. The lowest BCUT2D eigenvalue weighted by Gasteiger charge is -2.27. The summed E-state index contributed by atoms with van der Waals surface area (Å²) in [6.45, 7) is 7.10. The summed E-state index contributed by atoms with van der Waals surface area (Å²) in [5.41, 5.74) is 2.02. The second-order valence-corrected chi connectivity index (χ2v) is 7.21. The Morgan fingerprint density at radius 3 is 2.59 bits per heavy atom. The minimum Gasteiger partial charge on any atom is -0.490 e. The summed E-state index contributed by atoms with van der Waals surface area (Å²) < 4.78 is 5.75. The second-order valence-electron chi connectivity index (χ2n) is 7.21. The molecule has 1 aliphatic carbocycles. The molecule has 1 aliphatic rings. The van der Waals surface area contributed by atoms with Crippen LogP contribution in [0.25, 0.3) is 0 Å². The Morgan fingerprint density at radius 1 is 1.23 bits per heavy atom. The van der Waals surface area contributed by atoms with Crippen LogP contribution in [0.1, 0.15) is 31.9 Å². The zero-order valence-electron chi connectivity index (χ0n) is 13.6. The molecule has 0 amide bonds. The largest absolute Gasteiger partial charge is 0.490 e. The van der Waals surface area contributed by atoms with Gasteiger partial charge in [0.05, 0.1) is 17.7 Å². The monoisotopic (exact) mass is 310 g/mol. The number of hydrogen-bond donors (Lipinski definition) is 4. The van der Waals surface area contributed by atoms with Crippen LogP contribution in [0.3, 0.4) is 0 Å². The highest BCUT2D eigenvalue weighted by molar-refractivity contribution is 5.43. The number of rotatable bonds is 5. The first-order valence-corrected chi connectivity index (χ1v) is 7.88. The fourth-order valence-corrected chi connectivity index (χ4v) is 2.62. The lowest BCUT2D eigenvalue weighted by atomic mass is 9.87. The van der Waals surface area contributed by atoms with Crippen molar-refractivity contribution >= 4 is 0 Å². The Hall–Kier alpha value is -1.14. The van der Waals surface area contributed by atoms with Gasteiger partial charge in [-0.3, -0.25) is 0 Å². The number of fused-ring (bicyclic) bond motifs is 1. The molecule has 2 rings (SSSR count). The summed E-state index contributed by atoms with van der Waals surface area (Å²) in [7, 11) is 0. The van der Waals surface area contributed by atoms with Gasteiger partial charge in [0, 0.05) is 18.4 Å². The zero-order valence-corrected chi connectivity index (χ0v) is 13.6. The van der Waals surface area contributed by atoms with Crippen molar-refractivity contribution in [2.45, 2.75) is 57.5 Å². The van der Waals surface area contributed by atoms with Gasteiger partial charge in [0.2, 0.25) is 0 Å². The molecule has 0 aromatic heterocycles. The van der Waals surface area contributed by atoms with E-state index in [9.17, 15) is 15.3 Å². The fourth-order valence-electron chi connectivity index (χ4n) is 2.62. The molecule has 0 heterocycles. The van der Waals surface area contributed by atoms with Crippen LogP contribution in [0.4, 0.5) is 0 Å². The fraction of sp³-hybridized carbons (Fsp3) is 0.647. The van der Waals surface area contributed by atoms with Crippen LogP contribution in [0.15, 0.2) is 18.2 Å². The van der Waals surface area contributed by atoms with Gasteiger partial charge in [0.1, 0.15) is 25.0 Å². The van der Waals surface area contributed by atoms with Crippen molar-refractivity contribution in [3.8, 4) is 5.75 Å². The average Bonchev–Trinajstić information content (AvgIpc) is 2.43. The van der Waals surface area contributed by atoms with Crippen molar-refractivity contribution in [2.75, 3.05) is 13.2 Å². The van der Waals surface area contributed by atoms with Gasteiger partial charge in [-0.05, 0) is 32.4 Å². The number of aliphatic hydroxyl groups excluding tert-OH is 3. The Kier molecular flexibility index (Phi) is 5.45. The van der Waals surface area contributed by atoms with Crippen molar-refractivity contribution in [1.82, 2.24) is 0 Å². The normalized spacial score (nSPS) is 23.0. The van der Waals surface area contributed by atoms with Crippen molar-refractivity contribution in [3.63, 3.8) is 0 Å². The number of aliphatic hydroxyl groups is 3. The van der Waals surface area contributed by atoms with Crippen molar-refractivity contribution in [1.29, 1.82) is 0 Å². The van der Waals surface area contributed by atoms with E-state index in [4.69, 9.17) is 4.74 Å². The van der Waals surface area contributed by atoms with Crippen LogP contribution in [-0.4, -0.2) is 52.3 Å². The van der Waals surface area contributed by atoms with Crippen molar-refractivity contribution in [2.24, 2.45) is 0 Å². The van der Waals surface area contributed by atoms with Gasteiger partial charge in [-0.25, -0.2) is 0 Å². The Morgan fingerprint density at radius 2 is 1.91 bits per heavy atom. The first kappa shape index (κ1) is 17.2. The van der Waals surface area contributed by atoms with E-state index in [1.54, 1.807) is 0 Å². The Bertz CT molecular complexity index is 498. The van der Waals surface area contributed by atoms with Crippen LogP contribution in [0.5, 0.6) is 5.75 Å². The number of quaternary nitrogens is 1. The molecule has 22 heavy (non-hydrogen) atoms. The molecule has 0 radical (unpaired) electrons. The van der Waals surface area contributed by atoms with E-state index in [2.05, 4.69) is 26.1 Å². The van der Waals surface area contributed by atoms with Gasteiger partial charge in [-0.15, -0.1) is 0 Å². The summed E-state index contributed by atoms with van der Waals surface area (Å²) in [6.07, 6.45) is -1.19. The third-order valence-corrected chi connectivity index (χ3v) is 3.95.